The Labute approximate surface area is 298 Å². The van der Waals surface area contributed by atoms with Crippen molar-refractivity contribution in [1.82, 2.24) is 15.0 Å². The van der Waals surface area contributed by atoms with Crippen molar-refractivity contribution >= 4 is 90.4 Å². The number of benzene rings is 3. The lowest BCUT2D eigenvalue weighted by Crippen LogP contribution is -2.29. The van der Waals surface area contributed by atoms with Crippen LogP contribution in [-0.2, 0) is 0 Å². The summed E-state index contributed by atoms with van der Waals surface area (Å²) in [6, 6.07) is 26.0. The number of aliphatic hydroxyl groups is 4. The predicted molar refractivity (Wildman–Crippen MR) is 206 cm³/mol. The number of anilines is 2. The van der Waals surface area contributed by atoms with Gasteiger partial charge in [-0.25, -0.2) is 15.0 Å². The molecule has 0 atom stereocenters. The van der Waals surface area contributed by atoms with E-state index in [1.807, 2.05) is 112 Å². The average Bonchev–Trinajstić information content (AvgIpc) is 3.78. The molecule has 12 heteroatoms. The molecule has 0 bridgehead atoms. The Morgan fingerprint density at radius 1 is 0.612 bits per heavy atom. The Morgan fingerprint density at radius 3 is 1.71 bits per heavy atom. The van der Waals surface area contributed by atoms with E-state index in [9.17, 15) is 0 Å². The number of nitrogens with zero attached hydrogens (tertiary/aromatic N) is 5. The number of hydrogen-bond acceptors (Lipinski definition) is 11. The summed E-state index contributed by atoms with van der Waals surface area (Å²) < 4.78 is 1.19. The van der Waals surface area contributed by atoms with Crippen LogP contribution in [0, 0.1) is 0 Å². The minimum absolute atomic E-state index is 0.0466. The third-order valence-electron chi connectivity index (χ3n) is 7.45. The van der Waals surface area contributed by atoms with E-state index < -0.39 is 0 Å². The minimum Gasteiger partial charge on any atom is -0.395 e. The summed E-state index contributed by atoms with van der Waals surface area (Å²) in [5.41, 5.74) is 5.07. The van der Waals surface area contributed by atoms with Gasteiger partial charge in [-0.15, -0.1) is 22.7 Å². The van der Waals surface area contributed by atoms with E-state index in [1.165, 1.54) is 16.0 Å². The van der Waals surface area contributed by atoms with E-state index in [2.05, 4.69) is 21.0 Å². The van der Waals surface area contributed by atoms with Crippen molar-refractivity contribution in [3.8, 4) is 0 Å². The number of thiazole rings is 1. The number of aliphatic hydroxyl groups excluding tert-OH is 4. The molecular formula is C37H38ClN5O4S2. The maximum absolute atomic E-state index is 9.11. The SMILES string of the molecule is OCCN(CCO)c1ccc(/C=C/c2nc(Cl)c3ccsc3n2)cc1.OCCN(CCO)c1ccc(/C=C/c2nc3ccccc3s2)cc1. The van der Waals surface area contributed by atoms with Crippen LogP contribution in [0.1, 0.15) is 22.0 Å². The van der Waals surface area contributed by atoms with Gasteiger partial charge in [-0.05, 0) is 71.1 Å². The molecule has 9 nitrogen and oxygen atoms in total. The largest absolute Gasteiger partial charge is 0.395 e. The van der Waals surface area contributed by atoms with E-state index >= 15 is 0 Å². The van der Waals surface area contributed by atoms with Gasteiger partial charge < -0.3 is 30.2 Å². The van der Waals surface area contributed by atoms with Crippen LogP contribution in [0.15, 0.2) is 84.2 Å². The third kappa shape index (κ3) is 10.2. The Bertz CT molecular complexity index is 1920. The second-order valence-corrected chi connectivity index (χ2v) is 13.1. The molecule has 0 aliphatic carbocycles. The summed E-state index contributed by atoms with van der Waals surface area (Å²) in [6.07, 6.45) is 7.83. The van der Waals surface area contributed by atoms with Gasteiger partial charge in [0.1, 0.15) is 15.0 Å². The Morgan fingerprint density at radius 2 is 1.16 bits per heavy atom. The van der Waals surface area contributed by atoms with Gasteiger partial charge in [-0.1, -0.05) is 60.2 Å². The summed E-state index contributed by atoms with van der Waals surface area (Å²) >= 11 is 9.39. The summed E-state index contributed by atoms with van der Waals surface area (Å²) in [6.45, 7) is 2.24. The molecule has 0 unspecified atom stereocenters. The Kier molecular flexibility index (Phi) is 13.6. The highest BCUT2D eigenvalue weighted by Crippen LogP contribution is 2.26. The van der Waals surface area contributed by atoms with Gasteiger partial charge in [0.25, 0.3) is 0 Å². The second kappa shape index (κ2) is 18.5. The lowest BCUT2D eigenvalue weighted by Gasteiger charge is -2.22. The van der Waals surface area contributed by atoms with Gasteiger partial charge in [-0.3, -0.25) is 0 Å². The van der Waals surface area contributed by atoms with Gasteiger partial charge in [0, 0.05) is 42.9 Å². The molecule has 6 rings (SSSR count). The quantitative estimate of drug-likeness (QED) is 0.0928. The molecule has 0 saturated heterocycles. The van der Waals surface area contributed by atoms with Crippen LogP contribution >= 0.6 is 34.3 Å². The minimum atomic E-state index is 0.0466. The zero-order valence-corrected chi connectivity index (χ0v) is 29.2. The van der Waals surface area contributed by atoms with Crippen LogP contribution in [0.3, 0.4) is 0 Å². The van der Waals surface area contributed by atoms with Crippen molar-refractivity contribution in [3.05, 3.63) is 111 Å². The van der Waals surface area contributed by atoms with Crippen LogP contribution in [0.2, 0.25) is 5.15 Å². The van der Waals surface area contributed by atoms with Crippen molar-refractivity contribution in [1.29, 1.82) is 0 Å². The molecule has 0 radical (unpaired) electrons. The van der Waals surface area contributed by atoms with Crippen LogP contribution in [0.4, 0.5) is 11.4 Å². The lowest BCUT2D eigenvalue weighted by atomic mass is 10.1. The van der Waals surface area contributed by atoms with Crippen molar-refractivity contribution in [2.45, 2.75) is 0 Å². The first-order valence-corrected chi connectivity index (χ1v) is 17.8. The average molecular weight is 716 g/mol. The van der Waals surface area contributed by atoms with E-state index in [0.29, 0.717) is 37.2 Å². The van der Waals surface area contributed by atoms with Crippen LogP contribution in [0.25, 0.3) is 44.7 Å². The smallest absolute Gasteiger partial charge is 0.155 e. The molecule has 49 heavy (non-hydrogen) atoms. The van der Waals surface area contributed by atoms with Gasteiger partial charge in [-0.2, -0.15) is 0 Å². The summed E-state index contributed by atoms with van der Waals surface area (Å²) in [7, 11) is 0. The molecule has 0 amide bonds. The lowest BCUT2D eigenvalue weighted by molar-refractivity contribution is 0.280. The fraction of sp³-hybridized carbons (Fsp3) is 0.216. The van der Waals surface area contributed by atoms with Gasteiger partial charge >= 0.3 is 0 Å². The van der Waals surface area contributed by atoms with Gasteiger partial charge in [0.05, 0.1) is 36.6 Å². The normalized spacial score (nSPS) is 11.4. The van der Waals surface area contributed by atoms with Crippen molar-refractivity contribution in [2.24, 2.45) is 0 Å². The third-order valence-corrected chi connectivity index (χ3v) is 9.54. The van der Waals surface area contributed by atoms with E-state index in [4.69, 9.17) is 32.0 Å². The first kappa shape index (κ1) is 36.1. The molecule has 3 aromatic heterocycles. The maximum Gasteiger partial charge on any atom is 0.155 e. The Balaban J connectivity index is 0.000000191. The standard InChI is InChI=1S/C19H20N2O2S.C18H18ClN3O2S/c22-13-11-21(12-14-23)16-8-5-15(6-9-16)7-10-19-20-17-3-1-2-4-18(17)24-19;19-17-15-7-12-25-18(15)21-16(20-17)6-3-13-1-4-14(5-2-13)22(8-10-23)9-11-24/h1-10,22-23H,11-14H2;1-7,12,23-24H,8-11H2/b10-7+;6-3+. The van der Waals surface area contributed by atoms with Crippen molar-refractivity contribution in [2.75, 3.05) is 62.4 Å². The van der Waals surface area contributed by atoms with Crippen LogP contribution < -0.4 is 9.80 Å². The number of hydrogen-bond donors (Lipinski definition) is 4. The molecule has 3 aromatic carbocycles. The highest BCUT2D eigenvalue weighted by Gasteiger charge is 2.07. The predicted octanol–water partition coefficient (Wildman–Crippen LogP) is 6.56. The molecule has 6 aromatic rings. The van der Waals surface area contributed by atoms with Gasteiger partial charge in [0.15, 0.2) is 5.82 Å². The van der Waals surface area contributed by atoms with E-state index in [-0.39, 0.29) is 26.4 Å². The molecule has 0 spiro atoms. The highest BCUT2D eigenvalue weighted by molar-refractivity contribution is 7.19. The van der Waals surface area contributed by atoms with Crippen LogP contribution in [-0.4, -0.2) is 88.0 Å². The van der Waals surface area contributed by atoms with Crippen LogP contribution in [0.5, 0.6) is 0 Å². The fourth-order valence-corrected chi connectivity index (χ4v) is 6.96. The molecule has 0 saturated carbocycles. The summed E-state index contributed by atoms with van der Waals surface area (Å²) in [4.78, 5) is 18.1. The molecular weight excluding hydrogens is 678 g/mol. The first-order valence-electron chi connectivity index (χ1n) is 15.8. The number of halogens is 1. The number of thiophene rings is 1. The second-order valence-electron chi connectivity index (χ2n) is 10.8. The molecule has 3 heterocycles. The monoisotopic (exact) mass is 715 g/mol. The van der Waals surface area contributed by atoms with E-state index in [0.717, 1.165) is 43.2 Å². The molecule has 0 aliphatic rings. The fourth-order valence-electron chi connectivity index (χ4n) is 5.02. The van der Waals surface area contributed by atoms with Crippen molar-refractivity contribution < 1.29 is 20.4 Å². The number of fused-ring (bicyclic) bond motifs is 2. The van der Waals surface area contributed by atoms with E-state index in [1.54, 1.807) is 11.3 Å². The summed E-state index contributed by atoms with van der Waals surface area (Å²) in [5, 5.41) is 40.7. The number of aromatic nitrogens is 3. The maximum atomic E-state index is 9.11. The van der Waals surface area contributed by atoms with Gasteiger partial charge in [0.2, 0.25) is 0 Å². The first-order chi connectivity index (χ1) is 24.0. The zero-order valence-electron chi connectivity index (χ0n) is 26.8. The summed E-state index contributed by atoms with van der Waals surface area (Å²) in [5.74, 6) is 0.575. The number of para-hydroxylation sites is 1. The molecule has 0 fully saturated rings. The molecule has 4 N–H and O–H groups in total. The molecule has 254 valence electrons. The topological polar surface area (TPSA) is 126 Å². The highest BCUT2D eigenvalue weighted by atomic mass is 35.5. The zero-order chi connectivity index (χ0) is 34.4. The number of rotatable bonds is 14. The molecule has 0 aliphatic heterocycles. The van der Waals surface area contributed by atoms with Crippen molar-refractivity contribution in [3.63, 3.8) is 0 Å². The Hall–Kier alpha value is -4.20.